The summed E-state index contributed by atoms with van der Waals surface area (Å²) in [4.78, 5) is 0. The molecule has 3 fully saturated rings. The van der Waals surface area contributed by atoms with Crippen molar-refractivity contribution in [1.82, 2.24) is 5.32 Å². The zero-order valence-corrected chi connectivity index (χ0v) is 10.5. The molecule has 17 heavy (non-hydrogen) atoms. The molecular weight excluding hydrogens is 241 g/mol. The van der Waals surface area contributed by atoms with E-state index in [1.165, 1.54) is 6.07 Å². The van der Waals surface area contributed by atoms with Gasteiger partial charge in [0.1, 0.15) is 5.82 Å². The molecule has 2 saturated heterocycles. The summed E-state index contributed by atoms with van der Waals surface area (Å²) in [6.07, 6.45) is 1.47. The Kier molecular flexibility index (Phi) is 3.19. The van der Waals surface area contributed by atoms with Gasteiger partial charge in [-0.3, -0.25) is 0 Å². The summed E-state index contributed by atoms with van der Waals surface area (Å²) in [6, 6.07) is 6.50. The Morgan fingerprint density at radius 3 is 2.59 bits per heavy atom. The highest BCUT2D eigenvalue weighted by Gasteiger charge is 2.54. The first-order chi connectivity index (χ1) is 7.59. The van der Waals surface area contributed by atoms with E-state index in [2.05, 4.69) is 12.2 Å². The molecule has 0 amide bonds. The van der Waals surface area contributed by atoms with Crippen LogP contribution in [-0.4, -0.2) is 16.7 Å². The highest BCUT2D eigenvalue weighted by Crippen LogP contribution is 2.50. The summed E-state index contributed by atoms with van der Waals surface area (Å²) in [6.45, 7) is 2.16. The van der Waals surface area contributed by atoms with E-state index >= 15 is 0 Å². The van der Waals surface area contributed by atoms with E-state index < -0.39 is 6.10 Å². The second-order valence-corrected chi connectivity index (χ2v) is 5.37. The highest BCUT2D eigenvalue weighted by atomic mass is 35.5. The molecule has 2 heterocycles. The molecule has 2 aliphatic heterocycles. The van der Waals surface area contributed by atoms with E-state index in [0.717, 1.165) is 12.8 Å². The molecule has 4 rings (SSSR count). The Morgan fingerprint density at radius 2 is 2.06 bits per heavy atom. The van der Waals surface area contributed by atoms with Crippen molar-refractivity contribution in [3.05, 3.63) is 35.6 Å². The first-order valence-corrected chi connectivity index (χ1v) is 5.79. The number of hydrogen-bond acceptors (Lipinski definition) is 2. The number of aliphatic hydroxyl groups is 1. The van der Waals surface area contributed by atoms with Crippen LogP contribution in [0.4, 0.5) is 4.39 Å². The van der Waals surface area contributed by atoms with Crippen LogP contribution in [0.2, 0.25) is 0 Å². The Labute approximate surface area is 107 Å². The average molecular weight is 258 g/mol. The largest absolute Gasteiger partial charge is 0.387 e. The predicted molar refractivity (Wildman–Crippen MR) is 66.7 cm³/mol. The standard InChI is InChI=1S/C13H16FNO.ClH/c1-13-6-8(7-13)11(15-13)12(16)9-4-2-3-5-10(9)14;/h2-5,8,11-12,15-16H,6-7H2,1H3;1H/t8?,11-,12-,13?;/m1./s1. The van der Waals surface area contributed by atoms with E-state index in [-0.39, 0.29) is 29.8 Å². The summed E-state index contributed by atoms with van der Waals surface area (Å²) in [5.41, 5.74) is 0.595. The normalized spacial score (nSPS) is 35.9. The number of rotatable bonds is 2. The third-order valence-corrected chi connectivity index (χ3v) is 4.01. The van der Waals surface area contributed by atoms with Gasteiger partial charge in [-0.2, -0.15) is 0 Å². The van der Waals surface area contributed by atoms with Crippen LogP contribution in [0.5, 0.6) is 0 Å². The van der Waals surface area contributed by atoms with Gasteiger partial charge in [-0.15, -0.1) is 12.4 Å². The smallest absolute Gasteiger partial charge is 0.129 e. The molecule has 4 heteroatoms. The van der Waals surface area contributed by atoms with Gasteiger partial charge in [-0.25, -0.2) is 4.39 Å². The van der Waals surface area contributed by atoms with Crippen molar-refractivity contribution in [2.24, 2.45) is 5.92 Å². The van der Waals surface area contributed by atoms with Gasteiger partial charge in [0.05, 0.1) is 6.10 Å². The van der Waals surface area contributed by atoms with Crippen LogP contribution in [0, 0.1) is 11.7 Å². The van der Waals surface area contributed by atoms with Crippen LogP contribution < -0.4 is 5.32 Å². The van der Waals surface area contributed by atoms with E-state index in [1.807, 2.05) is 0 Å². The molecule has 2 atom stereocenters. The summed E-state index contributed by atoms with van der Waals surface area (Å²) in [7, 11) is 0. The zero-order valence-electron chi connectivity index (χ0n) is 9.69. The van der Waals surface area contributed by atoms with Gasteiger partial charge in [0, 0.05) is 17.1 Å². The van der Waals surface area contributed by atoms with Gasteiger partial charge >= 0.3 is 0 Å². The SMILES string of the molecule is CC12CC(C1)[C@H]([C@H](O)c1ccccc1F)N2.Cl. The molecular formula is C13H17ClFNO. The first kappa shape index (κ1) is 12.8. The molecule has 1 aliphatic carbocycles. The van der Waals surface area contributed by atoms with Gasteiger partial charge in [0.15, 0.2) is 0 Å². The second-order valence-electron chi connectivity index (χ2n) is 5.37. The van der Waals surface area contributed by atoms with Crippen molar-refractivity contribution in [1.29, 1.82) is 0 Å². The lowest BCUT2D eigenvalue weighted by Gasteiger charge is -2.33. The minimum atomic E-state index is -0.726. The molecule has 94 valence electrons. The van der Waals surface area contributed by atoms with E-state index in [4.69, 9.17) is 0 Å². The summed E-state index contributed by atoms with van der Waals surface area (Å²) < 4.78 is 13.5. The Hall–Kier alpha value is -0.640. The van der Waals surface area contributed by atoms with Gasteiger partial charge in [0.2, 0.25) is 0 Å². The quantitative estimate of drug-likeness (QED) is 0.853. The third kappa shape index (κ3) is 1.96. The maximum atomic E-state index is 13.5. The fourth-order valence-corrected chi connectivity index (χ4v) is 3.23. The van der Waals surface area contributed by atoms with E-state index in [0.29, 0.717) is 11.5 Å². The predicted octanol–water partition coefficient (Wildman–Crippen LogP) is 2.42. The van der Waals surface area contributed by atoms with Crippen molar-refractivity contribution in [2.45, 2.75) is 37.5 Å². The summed E-state index contributed by atoms with van der Waals surface area (Å²) >= 11 is 0. The van der Waals surface area contributed by atoms with Gasteiger partial charge in [-0.1, -0.05) is 18.2 Å². The van der Waals surface area contributed by atoms with Gasteiger partial charge < -0.3 is 10.4 Å². The monoisotopic (exact) mass is 257 g/mol. The average Bonchev–Trinajstić information content (AvgIpc) is 2.71. The molecule has 1 saturated carbocycles. The van der Waals surface area contributed by atoms with Crippen molar-refractivity contribution in [3.8, 4) is 0 Å². The van der Waals surface area contributed by atoms with Crippen molar-refractivity contribution in [3.63, 3.8) is 0 Å². The number of fused-ring (bicyclic) bond motifs is 1. The lowest BCUT2D eigenvalue weighted by atomic mass is 9.72. The molecule has 1 aromatic rings. The van der Waals surface area contributed by atoms with Crippen molar-refractivity contribution < 1.29 is 9.50 Å². The molecule has 0 radical (unpaired) electrons. The molecule has 2 nitrogen and oxygen atoms in total. The lowest BCUT2D eigenvalue weighted by Crippen LogP contribution is -2.40. The van der Waals surface area contributed by atoms with Crippen LogP contribution in [0.25, 0.3) is 0 Å². The Balaban J connectivity index is 0.00000108. The Morgan fingerprint density at radius 1 is 1.41 bits per heavy atom. The van der Waals surface area contributed by atoms with Gasteiger partial charge in [0.25, 0.3) is 0 Å². The minimum absolute atomic E-state index is 0. The summed E-state index contributed by atoms with van der Waals surface area (Å²) in [5.74, 6) is 0.186. The number of hydrogen-bond donors (Lipinski definition) is 2. The fourth-order valence-electron chi connectivity index (χ4n) is 3.23. The van der Waals surface area contributed by atoms with E-state index in [1.54, 1.807) is 18.2 Å². The molecule has 1 aromatic carbocycles. The third-order valence-electron chi connectivity index (χ3n) is 4.01. The van der Waals surface area contributed by atoms with Crippen molar-refractivity contribution >= 4 is 12.4 Å². The molecule has 0 unspecified atom stereocenters. The highest BCUT2D eigenvalue weighted by molar-refractivity contribution is 5.85. The number of nitrogens with one attached hydrogen (secondary N) is 1. The zero-order chi connectivity index (χ0) is 11.3. The first-order valence-electron chi connectivity index (χ1n) is 5.79. The van der Waals surface area contributed by atoms with Crippen LogP contribution in [-0.2, 0) is 0 Å². The topological polar surface area (TPSA) is 32.3 Å². The maximum Gasteiger partial charge on any atom is 0.129 e. The molecule has 3 aliphatic rings. The van der Waals surface area contributed by atoms with Crippen LogP contribution in [0.3, 0.4) is 0 Å². The fraction of sp³-hybridized carbons (Fsp3) is 0.538. The van der Waals surface area contributed by atoms with Gasteiger partial charge in [-0.05, 0) is 31.7 Å². The molecule has 0 spiro atoms. The number of aliphatic hydroxyl groups excluding tert-OH is 1. The molecule has 2 N–H and O–H groups in total. The Bertz CT molecular complexity index is 420. The second kappa shape index (κ2) is 4.23. The van der Waals surface area contributed by atoms with Crippen molar-refractivity contribution in [2.75, 3.05) is 0 Å². The number of halogens is 2. The minimum Gasteiger partial charge on any atom is -0.387 e. The van der Waals surface area contributed by atoms with Crippen LogP contribution in [0.1, 0.15) is 31.4 Å². The molecule has 0 aromatic heterocycles. The van der Waals surface area contributed by atoms with Crippen LogP contribution >= 0.6 is 12.4 Å². The van der Waals surface area contributed by atoms with E-state index in [9.17, 15) is 9.50 Å². The maximum absolute atomic E-state index is 13.5. The summed E-state index contributed by atoms with van der Waals surface area (Å²) in [5, 5.41) is 13.6. The lowest BCUT2D eigenvalue weighted by molar-refractivity contribution is 0.118. The molecule has 2 bridgehead atoms. The van der Waals surface area contributed by atoms with Crippen LogP contribution in [0.15, 0.2) is 24.3 Å². The number of benzene rings is 1.